The number of rotatable bonds is 5. The molecule has 1 fully saturated rings. The Balaban J connectivity index is 1.56. The molecule has 0 aliphatic carbocycles. The van der Waals surface area contributed by atoms with E-state index in [1.54, 1.807) is 39.5 Å². The number of nitrogens with zero attached hydrogens (tertiary/aromatic N) is 3. The van der Waals surface area contributed by atoms with Crippen molar-refractivity contribution in [3.63, 3.8) is 0 Å². The highest BCUT2D eigenvalue weighted by Gasteiger charge is 2.17. The molecule has 0 bridgehead atoms. The van der Waals surface area contributed by atoms with Crippen LogP contribution < -0.4 is 10.6 Å². The second-order valence-electron chi connectivity index (χ2n) is 8.14. The highest BCUT2D eigenvalue weighted by molar-refractivity contribution is 6.31. The smallest absolute Gasteiger partial charge is 0.337 e. The fraction of sp³-hybridized carbons (Fsp3) is 0.231. The average molecular weight is 478 g/mol. The van der Waals surface area contributed by atoms with Crippen LogP contribution >= 0.6 is 11.6 Å². The lowest BCUT2D eigenvalue weighted by molar-refractivity contribution is 0.0600. The van der Waals surface area contributed by atoms with Crippen LogP contribution in [0.2, 0.25) is 5.02 Å². The number of aromatic nitrogens is 2. The molecule has 2 heterocycles. The zero-order valence-electron chi connectivity index (χ0n) is 18.7. The van der Waals surface area contributed by atoms with Gasteiger partial charge in [-0.15, -0.1) is 0 Å². The molecule has 0 atom stereocenters. The van der Waals surface area contributed by atoms with Crippen LogP contribution in [0.25, 0.3) is 16.7 Å². The lowest BCUT2D eigenvalue weighted by Crippen LogP contribution is -2.36. The number of ether oxygens (including phenoxy) is 2. The molecule has 174 valence electrons. The number of benzene rings is 3. The van der Waals surface area contributed by atoms with Gasteiger partial charge in [-0.05, 0) is 60.2 Å². The van der Waals surface area contributed by atoms with Gasteiger partial charge in [0.15, 0.2) is 0 Å². The van der Waals surface area contributed by atoms with E-state index in [0.717, 1.165) is 41.1 Å². The highest BCUT2D eigenvalue weighted by atomic mass is 35.5. The number of carbonyl (C=O) groups is 1. The van der Waals surface area contributed by atoms with Gasteiger partial charge in [0, 0.05) is 23.8 Å². The Labute approximate surface area is 201 Å². The Kier molecular flexibility index (Phi) is 6.13. The summed E-state index contributed by atoms with van der Waals surface area (Å²) in [5.41, 5.74) is 4.42. The Bertz CT molecular complexity index is 1400. The molecular formula is C26H24ClN3O4. The summed E-state index contributed by atoms with van der Waals surface area (Å²) in [5.74, 6) is -0.413. The minimum atomic E-state index is -0.413. The van der Waals surface area contributed by atoms with Gasteiger partial charge in [-0.25, -0.2) is 9.59 Å². The van der Waals surface area contributed by atoms with Crippen LogP contribution in [0.15, 0.2) is 71.5 Å². The molecule has 0 spiro atoms. The van der Waals surface area contributed by atoms with Gasteiger partial charge in [-0.3, -0.25) is 9.13 Å². The molecule has 1 aliphatic heterocycles. The number of hydrogen-bond acceptors (Lipinski definition) is 5. The third-order valence-electron chi connectivity index (χ3n) is 6.06. The lowest BCUT2D eigenvalue weighted by Gasteiger charge is -2.28. The molecule has 0 N–H and O–H groups in total. The van der Waals surface area contributed by atoms with Crippen LogP contribution in [0.1, 0.15) is 15.9 Å². The molecule has 5 rings (SSSR count). The van der Waals surface area contributed by atoms with Crippen molar-refractivity contribution in [2.45, 2.75) is 6.54 Å². The number of methoxy groups -OCH3 is 1. The van der Waals surface area contributed by atoms with Crippen LogP contribution in [0.3, 0.4) is 0 Å². The second-order valence-corrected chi connectivity index (χ2v) is 8.58. The van der Waals surface area contributed by atoms with E-state index in [-0.39, 0.29) is 5.69 Å². The van der Waals surface area contributed by atoms with Crippen molar-refractivity contribution in [2.24, 2.45) is 0 Å². The first-order chi connectivity index (χ1) is 16.5. The number of morpholine rings is 1. The summed E-state index contributed by atoms with van der Waals surface area (Å²) in [6.07, 6.45) is 0. The summed E-state index contributed by atoms with van der Waals surface area (Å²) in [6, 6.07) is 20.5. The van der Waals surface area contributed by atoms with Crippen LogP contribution in [-0.4, -0.2) is 48.5 Å². The Morgan fingerprint density at radius 3 is 2.44 bits per heavy atom. The van der Waals surface area contributed by atoms with E-state index in [9.17, 15) is 9.59 Å². The number of halogens is 1. The summed E-state index contributed by atoms with van der Waals surface area (Å²) >= 11 is 6.30. The summed E-state index contributed by atoms with van der Waals surface area (Å²) in [4.78, 5) is 27.8. The third kappa shape index (κ3) is 4.20. The number of carbonyl (C=O) groups excluding carboxylic acids is 1. The topological polar surface area (TPSA) is 65.7 Å². The predicted molar refractivity (Wildman–Crippen MR) is 132 cm³/mol. The fourth-order valence-electron chi connectivity index (χ4n) is 4.36. The quantitative estimate of drug-likeness (QED) is 0.405. The predicted octanol–water partition coefficient (Wildman–Crippen LogP) is 4.12. The van der Waals surface area contributed by atoms with Crippen LogP contribution in [0.5, 0.6) is 0 Å². The van der Waals surface area contributed by atoms with Crippen molar-refractivity contribution in [3.05, 3.63) is 93.4 Å². The van der Waals surface area contributed by atoms with Gasteiger partial charge in [0.05, 0.1) is 49.2 Å². The number of hydrogen-bond donors (Lipinski definition) is 0. The van der Waals surface area contributed by atoms with Gasteiger partial charge < -0.3 is 14.4 Å². The van der Waals surface area contributed by atoms with Gasteiger partial charge in [-0.2, -0.15) is 0 Å². The summed E-state index contributed by atoms with van der Waals surface area (Å²) in [5, 5.41) is 0.552. The number of fused-ring (bicyclic) bond motifs is 1. The molecular weight excluding hydrogens is 454 g/mol. The number of esters is 1. The van der Waals surface area contributed by atoms with Gasteiger partial charge in [0.2, 0.25) is 0 Å². The molecule has 3 aromatic carbocycles. The van der Waals surface area contributed by atoms with Gasteiger partial charge in [0.25, 0.3) is 0 Å². The van der Waals surface area contributed by atoms with Crippen LogP contribution in [0, 0.1) is 0 Å². The van der Waals surface area contributed by atoms with E-state index in [0.29, 0.717) is 30.3 Å². The van der Waals surface area contributed by atoms with E-state index >= 15 is 0 Å². The Hall–Kier alpha value is -3.55. The molecule has 1 aliphatic rings. The molecule has 8 heteroatoms. The first kappa shape index (κ1) is 22.3. The number of anilines is 1. The largest absolute Gasteiger partial charge is 0.465 e. The minimum absolute atomic E-state index is 0.181. The van der Waals surface area contributed by atoms with Crippen molar-refractivity contribution in [1.29, 1.82) is 0 Å². The zero-order chi connectivity index (χ0) is 23.7. The first-order valence-corrected chi connectivity index (χ1v) is 11.4. The van der Waals surface area contributed by atoms with E-state index < -0.39 is 5.97 Å². The normalized spacial score (nSPS) is 13.9. The molecule has 7 nitrogen and oxygen atoms in total. The summed E-state index contributed by atoms with van der Waals surface area (Å²) in [7, 11) is 1.35. The molecule has 4 aromatic rings. The molecule has 0 saturated carbocycles. The van der Waals surface area contributed by atoms with Crippen LogP contribution in [0.4, 0.5) is 5.69 Å². The monoisotopic (exact) mass is 477 g/mol. The summed E-state index contributed by atoms with van der Waals surface area (Å²) in [6.45, 7) is 3.42. The average Bonchev–Trinajstić information content (AvgIpc) is 3.14. The Morgan fingerprint density at radius 1 is 0.971 bits per heavy atom. The van der Waals surface area contributed by atoms with Crippen LogP contribution in [-0.2, 0) is 16.0 Å². The maximum atomic E-state index is 13.6. The first-order valence-electron chi connectivity index (χ1n) is 11.1. The van der Waals surface area contributed by atoms with E-state index in [1.807, 2.05) is 36.4 Å². The van der Waals surface area contributed by atoms with Crippen molar-refractivity contribution in [3.8, 4) is 5.69 Å². The lowest BCUT2D eigenvalue weighted by atomic mass is 10.1. The van der Waals surface area contributed by atoms with Gasteiger partial charge >= 0.3 is 11.7 Å². The maximum Gasteiger partial charge on any atom is 0.337 e. The molecule has 0 unspecified atom stereocenters. The standard InChI is InChI=1S/C26H24ClN3O4/c1-33-25(31)19-4-2-3-18(15-19)17-29-23-10-5-20(27)16-24(23)30(26(29)32)22-8-6-21(7-9-22)28-11-13-34-14-12-28/h2-10,15-16H,11-14,17H2,1H3. The molecule has 0 amide bonds. The molecule has 1 aromatic heterocycles. The fourth-order valence-corrected chi connectivity index (χ4v) is 4.53. The van der Waals surface area contributed by atoms with E-state index in [2.05, 4.69) is 4.90 Å². The zero-order valence-corrected chi connectivity index (χ0v) is 19.5. The number of imidazole rings is 1. The SMILES string of the molecule is COC(=O)c1cccc(Cn2c(=O)n(-c3ccc(N4CCOCC4)cc3)c3cc(Cl)ccc32)c1. The molecule has 34 heavy (non-hydrogen) atoms. The molecule has 1 saturated heterocycles. The molecule has 0 radical (unpaired) electrons. The third-order valence-corrected chi connectivity index (χ3v) is 6.30. The minimum Gasteiger partial charge on any atom is -0.465 e. The maximum absolute atomic E-state index is 13.6. The second kappa shape index (κ2) is 9.37. The van der Waals surface area contributed by atoms with E-state index in [4.69, 9.17) is 21.1 Å². The highest BCUT2D eigenvalue weighted by Crippen LogP contribution is 2.24. The van der Waals surface area contributed by atoms with Crippen molar-refractivity contribution in [2.75, 3.05) is 38.3 Å². The van der Waals surface area contributed by atoms with Crippen molar-refractivity contribution >= 4 is 34.3 Å². The van der Waals surface area contributed by atoms with Gasteiger partial charge in [-0.1, -0.05) is 23.7 Å². The van der Waals surface area contributed by atoms with Gasteiger partial charge in [0.1, 0.15) is 0 Å². The van der Waals surface area contributed by atoms with Crippen molar-refractivity contribution < 1.29 is 14.3 Å². The van der Waals surface area contributed by atoms with Crippen molar-refractivity contribution in [1.82, 2.24) is 9.13 Å². The summed E-state index contributed by atoms with van der Waals surface area (Å²) < 4.78 is 13.6. The van der Waals surface area contributed by atoms with E-state index in [1.165, 1.54) is 7.11 Å². The Morgan fingerprint density at radius 2 is 1.71 bits per heavy atom.